The molecule has 0 radical (unpaired) electrons. The number of benzene rings is 1. The maximum atomic E-state index is 3.83. The molecule has 1 nitrogen and oxygen atoms in total. The van der Waals surface area contributed by atoms with Gasteiger partial charge in [0.05, 0.1) is 0 Å². The van der Waals surface area contributed by atoms with Crippen LogP contribution in [0.3, 0.4) is 0 Å². The van der Waals surface area contributed by atoms with E-state index in [0.29, 0.717) is 5.54 Å². The minimum Gasteiger partial charge on any atom is -0.307 e. The smallest absolute Gasteiger partial charge is 0.0225 e. The molecule has 2 aliphatic rings. The number of hydrogen-bond donors (Lipinski definition) is 1. The largest absolute Gasteiger partial charge is 0.307 e. The third-order valence-corrected chi connectivity index (χ3v) is 4.82. The third kappa shape index (κ3) is 2.09. The summed E-state index contributed by atoms with van der Waals surface area (Å²) < 4.78 is 0. The Morgan fingerprint density at radius 3 is 2.44 bits per heavy atom. The Labute approximate surface area is 111 Å². The van der Waals surface area contributed by atoms with Crippen LogP contribution in [0.4, 0.5) is 0 Å². The van der Waals surface area contributed by atoms with Crippen molar-refractivity contribution in [3.05, 3.63) is 34.9 Å². The Kier molecular flexibility index (Phi) is 2.78. The summed E-state index contributed by atoms with van der Waals surface area (Å²) in [6.45, 7) is 7.95. The van der Waals surface area contributed by atoms with Crippen molar-refractivity contribution in [2.24, 2.45) is 0 Å². The van der Waals surface area contributed by atoms with Crippen molar-refractivity contribution in [1.29, 1.82) is 0 Å². The number of hydrogen-bond acceptors (Lipinski definition) is 1. The zero-order valence-electron chi connectivity index (χ0n) is 12.0. The molecule has 1 N–H and O–H groups in total. The molecule has 1 aliphatic heterocycles. The van der Waals surface area contributed by atoms with Gasteiger partial charge in [-0.2, -0.15) is 0 Å². The van der Waals surface area contributed by atoms with Gasteiger partial charge in [0.2, 0.25) is 0 Å². The molecule has 18 heavy (non-hydrogen) atoms. The lowest BCUT2D eigenvalue weighted by Gasteiger charge is -2.37. The average Bonchev–Trinajstić information content (AvgIpc) is 2.75. The Morgan fingerprint density at radius 1 is 1.06 bits per heavy atom. The van der Waals surface area contributed by atoms with Crippen LogP contribution in [0.5, 0.6) is 0 Å². The van der Waals surface area contributed by atoms with Gasteiger partial charge in [-0.05, 0) is 41.4 Å². The number of nitrogens with one attached hydrogen (secondary N) is 1. The van der Waals surface area contributed by atoms with Crippen LogP contribution >= 0.6 is 0 Å². The Balaban J connectivity index is 1.90. The van der Waals surface area contributed by atoms with Gasteiger partial charge in [-0.3, -0.25) is 0 Å². The summed E-state index contributed by atoms with van der Waals surface area (Å²) in [5, 5.41) is 3.83. The van der Waals surface area contributed by atoms with E-state index in [9.17, 15) is 0 Å². The normalized spacial score (nSPS) is 22.2. The topological polar surface area (TPSA) is 12.0 Å². The van der Waals surface area contributed by atoms with E-state index in [1.165, 1.54) is 43.2 Å². The first-order chi connectivity index (χ1) is 8.49. The van der Waals surface area contributed by atoms with Crippen molar-refractivity contribution >= 4 is 0 Å². The quantitative estimate of drug-likeness (QED) is 0.727. The van der Waals surface area contributed by atoms with Crippen molar-refractivity contribution in [3.8, 4) is 0 Å². The molecule has 0 saturated heterocycles. The van der Waals surface area contributed by atoms with Gasteiger partial charge >= 0.3 is 0 Å². The first-order valence-electron chi connectivity index (χ1n) is 7.36. The highest BCUT2D eigenvalue weighted by Crippen LogP contribution is 2.37. The number of fused-ring (bicyclic) bond motifs is 1. The second-order valence-corrected chi connectivity index (χ2v) is 7.25. The molecule has 1 fully saturated rings. The zero-order chi connectivity index (χ0) is 12.8. The van der Waals surface area contributed by atoms with E-state index in [0.717, 1.165) is 6.54 Å². The highest BCUT2D eigenvalue weighted by Gasteiger charge is 2.36. The molecule has 1 heterocycles. The lowest BCUT2D eigenvalue weighted by molar-refractivity contribution is 0.308. The van der Waals surface area contributed by atoms with E-state index in [-0.39, 0.29) is 5.41 Å². The lowest BCUT2D eigenvalue weighted by Crippen LogP contribution is -2.47. The summed E-state index contributed by atoms with van der Waals surface area (Å²) in [5.41, 5.74) is 5.28. The summed E-state index contributed by atoms with van der Waals surface area (Å²) in [4.78, 5) is 0. The molecule has 1 aromatic rings. The predicted molar refractivity (Wildman–Crippen MR) is 76.9 cm³/mol. The second-order valence-electron chi connectivity index (χ2n) is 7.25. The van der Waals surface area contributed by atoms with E-state index < -0.39 is 0 Å². The molecule has 1 aliphatic carbocycles. The van der Waals surface area contributed by atoms with Crippen LogP contribution in [0, 0.1) is 0 Å². The van der Waals surface area contributed by atoms with Crippen molar-refractivity contribution in [2.75, 3.05) is 0 Å². The van der Waals surface area contributed by atoms with Gasteiger partial charge in [0.15, 0.2) is 0 Å². The van der Waals surface area contributed by atoms with Gasteiger partial charge in [0.25, 0.3) is 0 Å². The Hall–Kier alpha value is -0.820. The minimum atomic E-state index is 0.261. The zero-order valence-corrected chi connectivity index (χ0v) is 12.0. The monoisotopic (exact) mass is 243 g/mol. The molecule has 1 spiro atoms. The fourth-order valence-corrected chi connectivity index (χ4v) is 3.54. The molecular formula is C17H25N. The predicted octanol–water partition coefficient (Wildman–Crippen LogP) is 3.94. The maximum absolute atomic E-state index is 3.83. The second kappa shape index (κ2) is 4.09. The van der Waals surface area contributed by atoms with Crippen LogP contribution in [0.15, 0.2) is 18.2 Å². The highest BCUT2D eigenvalue weighted by molar-refractivity contribution is 5.38. The van der Waals surface area contributed by atoms with E-state index in [4.69, 9.17) is 0 Å². The SMILES string of the molecule is CC(C)(C)c1ccc2c(c1)CNC1(CCCC1)C2. The van der Waals surface area contributed by atoms with Crippen LogP contribution in [0.25, 0.3) is 0 Å². The van der Waals surface area contributed by atoms with Crippen LogP contribution in [0.1, 0.15) is 63.1 Å². The van der Waals surface area contributed by atoms with Crippen LogP contribution < -0.4 is 5.32 Å². The van der Waals surface area contributed by atoms with Crippen LogP contribution in [-0.4, -0.2) is 5.54 Å². The Morgan fingerprint density at radius 2 is 1.78 bits per heavy atom. The summed E-state index contributed by atoms with van der Waals surface area (Å²) in [7, 11) is 0. The van der Waals surface area contributed by atoms with Gasteiger partial charge in [-0.25, -0.2) is 0 Å². The number of rotatable bonds is 0. The average molecular weight is 243 g/mol. The fourth-order valence-electron chi connectivity index (χ4n) is 3.54. The van der Waals surface area contributed by atoms with Crippen LogP contribution in [0.2, 0.25) is 0 Å². The third-order valence-electron chi connectivity index (χ3n) is 4.82. The van der Waals surface area contributed by atoms with Crippen molar-refractivity contribution in [3.63, 3.8) is 0 Å². The van der Waals surface area contributed by atoms with Gasteiger partial charge in [-0.1, -0.05) is 51.8 Å². The summed E-state index contributed by atoms with van der Waals surface area (Å²) >= 11 is 0. The summed E-state index contributed by atoms with van der Waals surface area (Å²) in [5.74, 6) is 0. The molecular weight excluding hydrogens is 218 g/mol. The molecule has 98 valence electrons. The molecule has 1 heteroatoms. The molecule has 1 aromatic carbocycles. The minimum absolute atomic E-state index is 0.261. The fraction of sp³-hybridized carbons (Fsp3) is 0.647. The van der Waals surface area contributed by atoms with E-state index >= 15 is 0 Å². The van der Waals surface area contributed by atoms with E-state index in [2.05, 4.69) is 44.3 Å². The van der Waals surface area contributed by atoms with Crippen molar-refractivity contribution in [2.45, 2.75) is 70.4 Å². The molecule has 0 unspecified atom stereocenters. The van der Waals surface area contributed by atoms with Crippen LogP contribution in [-0.2, 0) is 18.4 Å². The Bertz CT molecular complexity index is 447. The summed E-state index contributed by atoms with van der Waals surface area (Å²) in [6.07, 6.45) is 6.79. The van der Waals surface area contributed by atoms with Gasteiger partial charge < -0.3 is 5.32 Å². The van der Waals surface area contributed by atoms with E-state index in [1.807, 2.05) is 0 Å². The molecule has 1 saturated carbocycles. The van der Waals surface area contributed by atoms with Crippen molar-refractivity contribution < 1.29 is 0 Å². The van der Waals surface area contributed by atoms with E-state index in [1.54, 1.807) is 5.56 Å². The maximum Gasteiger partial charge on any atom is 0.0225 e. The van der Waals surface area contributed by atoms with Gasteiger partial charge in [0.1, 0.15) is 0 Å². The first-order valence-corrected chi connectivity index (χ1v) is 7.36. The molecule has 3 rings (SSSR count). The molecule has 0 aromatic heterocycles. The van der Waals surface area contributed by atoms with Gasteiger partial charge in [0, 0.05) is 12.1 Å². The molecule has 0 atom stereocenters. The molecule has 0 amide bonds. The lowest BCUT2D eigenvalue weighted by atomic mass is 9.80. The first kappa shape index (κ1) is 12.2. The van der Waals surface area contributed by atoms with Crippen molar-refractivity contribution in [1.82, 2.24) is 5.32 Å². The molecule has 0 bridgehead atoms. The summed E-state index contributed by atoms with van der Waals surface area (Å²) in [6, 6.07) is 7.15. The highest BCUT2D eigenvalue weighted by atomic mass is 15.0. The van der Waals surface area contributed by atoms with Gasteiger partial charge in [-0.15, -0.1) is 0 Å². The standard InChI is InChI=1S/C17H25N/c1-16(2,3)15-7-6-13-11-17(8-4-5-9-17)18-12-14(13)10-15/h6-7,10,18H,4-5,8-9,11-12H2,1-3H3.